The van der Waals surface area contributed by atoms with E-state index in [-0.39, 0.29) is 5.75 Å². The second-order valence-electron chi connectivity index (χ2n) is 3.79. The molecule has 0 aliphatic carbocycles. The van der Waals surface area contributed by atoms with Gasteiger partial charge < -0.3 is 14.5 Å². The number of nitrogens with zero attached hydrogens (tertiary/aromatic N) is 3. The number of rotatable bonds is 2. The van der Waals surface area contributed by atoms with Crippen molar-refractivity contribution in [1.82, 2.24) is 10.1 Å². The van der Waals surface area contributed by atoms with E-state index in [0.717, 1.165) is 11.1 Å². The lowest BCUT2D eigenvalue weighted by atomic mass is 10.1. The molecule has 0 saturated carbocycles. The third-order valence-electron chi connectivity index (χ3n) is 2.26. The number of aromatic hydroxyl groups is 1. The Hall–Kier alpha value is -2.04. The van der Waals surface area contributed by atoms with Gasteiger partial charge in [-0.15, -0.1) is 0 Å². The molecule has 2 rings (SSSR count). The molecule has 1 N–H and O–H groups in total. The summed E-state index contributed by atoms with van der Waals surface area (Å²) >= 11 is 0. The van der Waals surface area contributed by atoms with Crippen molar-refractivity contribution in [3.05, 3.63) is 23.8 Å². The van der Waals surface area contributed by atoms with Gasteiger partial charge in [0.25, 0.3) is 11.8 Å². The van der Waals surface area contributed by atoms with Gasteiger partial charge in [0.1, 0.15) is 5.75 Å². The van der Waals surface area contributed by atoms with Crippen molar-refractivity contribution in [2.24, 2.45) is 0 Å². The maximum atomic E-state index is 9.30. The van der Waals surface area contributed by atoms with Gasteiger partial charge in [-0.05, 0) is 35.8 Å². The normalized spacial score (nSPS) is 10.4. The number of phenolic OH excluding ortho intramolecular Hbond substituents is 1. The predicted octanol–water partition coefficient (Wildman–Crippen LogP) is 1.82. The van der Waals surface area contributed by atoms with Crippen LogP contribution in [0.4, 0.5) is 5.95 Å². The van der Waals surface area contributed by atoms with Crippen LogP contribution in [0.5, 0.6) is 5.75 Å². The summed E-state index contributed by atoms with van der Waals surface area (Å²) in [6, 6.07) is 5.02. The highest BCUT2D eigenvalue weighted by molar-refractivity contribution is 5.60. The van der Waals surface area contributed by atoms with E-state index in [9.17, 15) is 5.11 Å². The summed E-state index contributed by atoms with van der Waals surface area (Å²) in [5.41, 5.74) is 1.73. The Balaban J connectivity index is 2.42. The minimum Gasteiger partial charge on any atom is -0.508 e. The first-order chi connectivity index (χ1) is 7.58. The summed E-state index contributed by atoms with van der Waals surface area (Å²) < 4.78 is 5.15. The molecule has 0 fully saturated rings. The van der Waals surface area contributed by atoms with Gasteiger partial charge in [0, 0.05) is 19.7 Å². The van der Waals surface area contributed by atoms with E-state index in [2.05, 4.69) is 10.1 Å². The first-order valence-corrected chi connectivity index (χ1v) is 4.89. The summed E-state index contributed by atoms with van der Waals surface area (Å²) in [5.74, 6) is 1.22. The largest absolute Gasteiger partial charge is 0.508 e. The van der Waals surface area contributed by atoms with Crippen LogP contribution in [0.3, 0.4) is 0 Å². The fraction of sp³-hybridized carbons (Fsp3) is 0.273. The van der Waals surface area contributed by atoms with E-state index in [1.54, 1.807) is 23.1 Å². The van der Waals surface area contributed by atoms with Crippen LogP contribution < -0.4 is 4.90 Å². The number of hydrogen-bond donors (Lipinski definition) is 1. The zero-order valence-electron chi connectivity index (χ0n) is 9.43. The van der Waals surface area contributed by atoms with Gasteiger partial charge in [0.15, 0.2) is 0 Å². The van der Waals surface area contributed by atoms with E-state index < -0.39 is 0 Å². The highest BCUT2D eigenvalue weighted by Crippen LogP contribution is 2.25. The molecular formula is C11H13N3O2. The van der Waals surface area contributed by atoms with Crippen LogP contribution in [0.1, 0.15) is 5.56 Å². The summed E-state index contributed by atoms with van der Waals surface area (Å²) in [7, 11) is 3.69. The summed E-state index contributed by atoms with van der Waals surface area (Å²) in [4.78, 5) is 6.00. The van der Waals surface area contributed by atoms with Crippen LogP contribution in [0.15, 0.2) is 22.7 Å². The van der Waals surface area contributed by atoms with Crippen molar-refractivity contribution in [1.29, 1.82) is 0 Å². The SMILES string of the molecule is Cc1cc(O)ccc1-c1nc(N(C)C)no1. The Morgan fingerprint density at radius 3 is 2.62 bits per heavy atom. The van der Waals surface area contributed by atoms with Crippen molar-refractivity contribution in [2.45, 2.75) is 6.92 Å². The first kappa shape index (κ1) is 10.5. The summed E-state index contributed by atoms with van der Waals surface area (Å²) in [6.45, 7) is 1.88. The van der Waals surface area contributed by atoms with Gasteiger partial charge in [-0.3, -0.25) is 0 Å². The average molecular weight is 219 g/mol. The fourth-order valence-electron chi connectivity index (χ4n) is 1.39. The van der Waals surface area contributed by atoms with Gasteiger partial charge in [-0.2, -0.15) is 4.98 Å². The maximum Gasteiger partial charge on any atom is 0.265 e. The Bertz CT molecular complexity index is 506. The minimum atomic E-state index is 0.230. The van der Waals surface area contributed by atoms with E-state index >= 15 is 0 Å². The topological polar surface area (TPSA) is 62.4 Å². The molecule has 0 atom stereocenters. The van der Waals surface area contributed by atoms with Crippen molar-refractivity contribution >= 4 is 5.95 Å². The standard InChI is InChI=1S/C11H13N3O2/c1-7-6-8(15)4-5-9(7)10-12-11(13-16-10)14(2)3/h4-6,15H,1-3H3. The molecule has 0 bridgehead atoms. The Kier molecular flexibility index (Phi) is 2.52. The maximum absolute atomic E-state index is 9.30. The van der Waals surface area contributed by atoms with Crippen LogP contribution in [0, 0.1) is 6.92 Å². The number of aromatic nitrogens is 2. The number of hydrogen-bond acceptors (Lipinski definition) is 5. The lowest BCUT2D eigenvalue weighted by molar-refractivity contribution is 0.430. The first-order valence-electron chi connectivity index (χ1n) is 4.89. The second-order valence-corrected chi connectivity index (χ2v) is 3.79. The zero-order valence-corrected chi connectivity index (χ0v) is 9.43. The molecule has 16 heavy (non-hydrogen) atoms. The highest BCUT2D eigenvalue weighted by Gasteiger charge is 2.12. The van der Waals surface area contributed by atoms with Crippen LogP contribution in [0.25, 0.3) is 11.5 Å². The Labute approximate surface area is 93.3 Å². The van der Waals surface area contributed by atoms with Crippen LogP contribution in [-0.2, 0) is 0 Å². The molecule has 5 nitrogen and oxygen atoms in total. The monoisotopic (exact) mass is 219 g/mol. The number of phenols is 1. The summed E-state index contributed by atoms with van der Waals surface area (Å²) in [6.07, 6.45) is 0. The number of benzene rings is 1. The van der Waals surface area contributed by atoms with Crippen molar-refractivity contribution in [2.75, 3.05) is 19.0 Å². The molecule has 84 valence electrons. The van der Waals surface area contributed by atoms with Crippen molar-refractivity contribution in [3.63, 3.8) is 0 Å². The third-order valence-corrected chi connectivity index (χ3v) is 2.26. The Morgan fingerprint density at radius 1 is 1.31 bits per heavy atom. The smallest absolute Gasteiger partial charge is 0.265 e. The van der Waals surface area contributed by atoms with Crippen LogP contribution in [-0.4, -0.2) is 29.3 Å². The second kappa shape index (κ2) is 3.84. The lowest BCUT2D eigenvalue weighted by Gasteiger charge is -2.03. The molecule has 1 heterocycles. The average Bonchev–Trinajstić information content (AvgIpc) is 2.66. The molecule has 1 aromatic heterocycles. The van der Waals surface area contributed by atoms with E-state index in [1.807, 2.05) is 21.0 Å². The van der Waals surface area contributed by atoms with Gasteiger partial charge in [0.2, 0.25) is 0 Å². The molecule has 1 aromatic carbocycles. The minimum absolute atomic E-state index is 0.230. The van der Waals surface area contributed by atoms with Gasteiger partial charge in [-0.1, -0.05) is 0 Å². The van der Waals surface area contributed by atoms with Gasteiger partial charge in [-0.25, -0.2) is 0 Å². The highest BCUT2D eigenvalue weighted by atomic mass is 16.5. The van der Waals surface area contributed by atoms with Crippen LogP contribution >= 0.6 is 0 Å². The number of aryl methyl sites for hydroxylation is 1. The molecule has 0 aliphatic rings. The molecule has 5 heteroatoms. The zero-order chi connectivity index (χ0) is 11.7. The van der Waals surface area contributed by atoms with Gasteiger partial charge >= 0.3 is 0 Å². The summed E-state index contributed by atoms with van der Waals surface area (Å²) in [5, 5.41) is 13.1. The molecular weight excluding hydrogens is 206 g/mol. The van der Waals surface area contributed by atoms with E-state index in [0.29, 0.717) is 11.8 Å². The molecule has 0 saturated heterocycles. The van der Waals surface area contributed by atoms with E-state index in [1.165, 1.54) is 0 Å². The molecule has 0 spiro atoms. The predicted molar refractivity (Wildman–Crippen MR) is 60.5 cm³/mol. The number of anilines is 1. The molecule has 0 amide bonds. The molecule has 0 aliphatic heterocycles. The molecule has 0 unspecified atom stereocenters. The lowest BCUT2D eigenvalue weighted by Crippen LogP contribution is -2.10. The van der Waals surface area contributed by atoms with E-state index in [4.69, 9.17) is 4.52 Å². The van der Waals surface area contributed by atoms with Crippen molar-refractivity contribution in [3.8, 4) is 17.2 Å². The van der Waals surface area contributed by atoms with Crippen LogP contribution in [0.2, 0.25) is 0 Å². The van der Waals surface area contributed by atoms with Crippen molar-refractivity contribution < 1.29 is 9.63 Å². The Morgan fingerprint density at radius 2 is 2.06 bits per heavy atom. The molecule has 2 aromatic rings. The fourth-order valence-corrected chi connectivity index (χ4v) is 1.39. The molecule has 0 radical (unpaired) electrons. The third kappa shape index (κ3) is 1.84. The quantitative estimate of drug-likeness (QED) is 0.834. The van der Waals surface area contributed by atoms with Gasteiger partial charge in [0.05, 0.1) is 0 Å².